The summed E-state index contributed by atoms with van der Waals surface area (Å²) in [5.41, 5.74) is -0.371. The summed E-state index contributed by atoms with van der Waals surface area (Å²) in [4.78, 5) is 132. The Hall–Kier alpha value is -13.8. The maximum absolute atomic E-state index is 16.9. The summed E-state index contributed by atoms with van der Waals surface area (Å²) in [5, 5.41) is 168. The van der Waals surface area contributed by atoms with Crippen LogP contribution in [0.1, 0.15) is 86.4 Å². The van der Waals surface area contributed by atoms with Crippen molar-refractivity contribution in [3.8, 4) is 80.1 Å². The number of carboxylic acids is 2. The third-order valence-electron chi connectivity index (χ3n) is 23.3. The van der Waals surface area contributed by atoms with Crippen LogP contribution in [0.4, 0.5) is 0 Å². The normalized spacial score (nSPS) is 25.8. The molecule has 129 heavy (non-hydrogen) atoms. The van der Waals surface area contributed by atoms with E-state index in [2.05, 4.69) is 47.2 Å². The van der Waals surface area contributed by atoms with Gasteiger partial charge in [-0.15, -0.1) is 0 Å². The van der Waals surface area contributed by atoms with Crippen molar-refractivity contribution in [2.45, 2.75) is 129 Å². The SMILES string of the molecule is CN(Cc1c[nH]c2ccccc12)[C@H]1C(=O)N[C@@H]2Cc3ccc(cc3)Oc3cc4cc(c3O[C@@H]3OC(C(=O)O)C(O)[C@H](O)C3NCc3c[nH]c5ccccc35)Oc3ccc(cc3Cl)[C@@H](O)C3NC(=O)[C@H](NC(=O)[C@@H]4NC(=O)[C@@H](NC2=O)c2cc(cc(O)c2Cl)Oc2cc1ccc2O)c1ccc(O)c(c1)-c1c(O[C@H]2O[C@H](CO)[C@@H](O)[C@H](O)[C@@H]2O)cc(O)cc1[C@@H](C(=O)O)NC3=O. The molecule has 18 atom stereocenters. The molecule has 0 radical (unpaired) electrons. The second kappa shape index (κ2) is 35.4. The van der Waals surface area contributed by atoms with Crippen LogP contribution in [0, 0.1) is 0 Å². The number of phenols is 4. The molecule has 2 fully saturated rings. The van der Waals surface area contributed by atoms with Crippen LogP contribution < -0.4 is 60.9 Å². The highest BCUT2D eigenvalue weighted by Crippen LogP contribution is 2.51. The fourth-order valence-corrected chi connectivity index (χ4v) is 17.2. The van der Waals surface area contributed by atoms with Crippen molar-refractivity contribution in [1.29, 1.82) is 0 Å². The maximum atomic E-state index is 16.9. The number of amides is 6. The number of likely N-dealkylation sites (N-methyl/N-ethyl adjacent to an activating group) is 1. The predicted molar refractivity (Wildman–Crippen MR) is 449 cm³/mol. The third-order valence-corrected chi connectivity index (χ3v) is 24.0. The maximum Gasteiger partial charge on any atom is 0.335 e. The number of nitrogens with one attached hydrogen (secondary N) is 9. The largest absolute Gasteiger partial charge is 0.508 e. The third kappa shape index (κ3) is 17.1. The molecule has 0 aliphatic carbocycles. The molecule has 11 aromatic rings. The van der Waals surface area contributed by atoms with E-state index in [4.69, 9.17) is 56.4 Å². The van der Waals surface area contributed by atoms with Gasteiger partial charge in [-0.25, -0.2) is 9.59 Å². The fraction of sp³-hybridized carbons (Fsp3) is 0.258. The van der Waals surface area contributed by atoms with Crippen molar-refractivity contribution in [3.63, 3.8) is 0 Å². The molecule has 10 heterocycles. The minimum absolute atomic E-state index is 0.0717. The van der Waals surface area contributed by atoms with Gasteiger partial charge in [-0.05, 0) is 131 Å². The van der Waals surface area contributed by atoms with Gasteiger partial charge in [0.05, 0.1) is 22.7 Å². The number of aromatic amines is 2. The standard InChI is InChI=1S/C89H80Cl2N10O28/c1-101(33-41-32-93-52-9-5-3-7-46(41)52)71-37-13-18-55(105)58(23-37)124-44-28-49(64(91)56(106)29-44)67-83(116)97-66-39-24-60(123-43-15-10-35(11-16-43)20-53(80(113)98-67)95-85(71)118)78(128-88-70(74(109)76(111)79(129-88)87(121)122)94-31-40-30-92-51-8-4-2-6-45(40)51)61(25-39)125-57-19-14-38(22-50(57)90)72(107)69-84(117)99-68(86(119)120)48-26-42(103)27-59(126-89-77(112)75(110)73(108)62(34-102)127-89)63(48)47-21-36(12-17-54(47)104)65(81(114)100-69)96-82(66)115/h2-19,21-30,32,53,62,65-77,79,88-89,92-94,102-112H,20,31,33-34H2,1H3,(H,95,118)(H,96,115)(H,97,116)(H,98,113)(H,99,117)(H,100,114)(H,119,120)(H,121,122)/t53-,62-,65-,66-,67+,68+,69?,70?,71-,72-,73-,74-,75+,76?,77+,79?,88-,89+/m1/s1. The predicted octanol–water partition coefficient (Wildman–Crippen LogP) is 4.96. The van der Waals surface area contributed by atoms with E-state index in [9.17, 15) is 76.0 Å². The number of carbonyl (C=O) groups is 8. The van der Waals surface area contributed by atoms with Gasteiger partial charge in [0, 0.05) is 88.1 Å². The van der Waals surface area contributed by atoms with E-state index >= 15 is 28.8 Å². The zero-order chi connectivity index (χ0) is 91.0. The van der Waals surface area contributed by atoms with Gasteiger partial charge in [0.15, 0.2) is 35.1 Å². The van der Waals surface area contributed by atoms with Crippen molar-refractivity contribution < 1.29 is 138 Å². The number of aliphatic carboxylic acids is 2. The number of phenolic OH excluding ortho intramolecular Hbond substituents is 4. The highest BCUT2D eigenvalue weighted by molar-refractivity contribution is 6.33. The van der Waals surface area contributed by atoms with Crippen molar-refractivity contribution in [2.24, 2.45) is 0 Å². The van der Waals surface area contributed by atoms with Gasteiger partial charge in [0.2, 0.25) is 53.8 Å². The van der Waals surface area contributed by atoms with Gasteiger partial charge in [-0.2, -0.15) is 0 Å². The lowest BCUT2D eigenvalue weighted by Crippen LogP contribution is -2.65. The number of ether oxygens (including phenoxy) is 7. The van der Waals surface area contributed by atoms with E-state index in [1.54, 1.807) is 48.6 Å². The molecule has 6 amide bonds. The number of rotatable bonds is 13. The molecule has 4 unspecified atom stereocenters. The molecule has 17 bridgehead atoms. The summed E-state index contributed by atoms with van der Waals surface area (Å²) in [6, 6.07) is 19.8. The summed E-state index contributed by atoms with van der Waals surface area (Å²) in [7, 11) is 1.63. The molecular weight excluding hydrogens is 1730 g/mol. The van der Waals surface area contributed by atoms with Crippen molar-refractivity contribution >= 4 is 92.4 Å². The van der Waals surface area contributed by atoms with Crippen LogP contribution in [0.2, 0.25) is 10.0 Å². The van der Waals surface area contributed by atoms with Crippen LogP contribution in [-0.4, -0.2) is 216 Å². The first kappa shape index (κ1) is 87.2. The van der Waals surface area contributed by atoms with E-state index in [1.807, 2.05) is 24.3 Å². The van der Waals surface area contributed by atoms with Crippen LogP contribution in [0.25, 0.3) is 32.9 Å². The zero-order valence-corrected chi connectivity index (χ0v) is 68.6. The van der Waals surface area contributed by atoms with Crippen molar-refractivity contribution in [3.05, 3.63) is 236 Å². The van der Waals surface area contributed by atoms with Gasteiger partial charge in [-0.3, -0.25) is 33.7 Å². The van der Waals surface area contributed by atoms with E-state index < -0.39 is 265 Å². The second-order valence-electron chi connectivity index (χ2n) is 31.7. The number of carboxylic acid groups (broad SMARTS) is 2. The van der Waals surface area contributed by atoms with E-state index in [-0.39, 0.29) is 41.5 Å². The summed E-state index contributed by atoms with van der Waals surface area (Å²) in [5.74, 6) is -18.5. The number of aliphatic hydroxyl groups is 7. The summed E-state index contributed by atoms with van der Waals surface area (Å²) >= 11 is 14.3. The van der Waals surface area contributed by atoms with E-state index in [1.165, 1.54) is 42.5 Å². The number of benzene rings is 9. The average Bonchev–Trinajstić information content (AvgIpc) is 0.940. The first-order valence-electron chi connectivity index (χ1n) is 40.1. The second-order valence-corrected chi connectivity index (χ2v) is 32.5. The van der Waals surface area contributed by atoms with Crippen LogP contribution >= 0.6 is 23.2 Å². The van der Waals surface area contributed by atoms with E-state index in [0.717, 1.165) is 89.3 Å². The zero-order valence-electron chi connectivity index (χ0n) is 67.1. The molecule has 2 saturated heterocycles. The molecule has 0 spiro atoms. The minimum Gasteiger partial charge on any atom is -0.508 e. The van der Waals surface area contributed by atoms with Crippen LogP contribution in [0.15, 0.2) is 176 Å². The number of halogens is 2. The first-order valence-corrected chi connectivity index (χ1v) is 40.9. The lowest BCUT2D eigenvalue weighted by Gasteiger charge is -2.41. The Kier molecular flexibility index (Phi) is 24.0. The Morgan fingerprint density at radius 2 is 1.16 bits per heavy atom. The van der Waals surface area contributed by atoms with Crippen molar-refractivity contribution in [2.75, 3.05) is 13.7 Å². The highest BCUT2D eigenvalue weighted by Gasteiger charge is 2.51. The minimum atomic E-state index is -2.46. The highest BCUT2D eigenvalue weighted by atomic mass is 35.5. The Labute approximate surface area is 738 Å². The number of carbonyl (C=O) groups excluding carboxylic acids is 6. The van der Waals surface area contributed by atoms with Gasteiger partial charge in [0.1, 0.15) is 119 Å². The smallest absolute Gasteiger partial charge is 0.335 e. The van der Waals surface area contributed by atoms with Gasteiger partial charge in [0.25, 0.3) is 0 Å². The molecule has 9 aromatic carbocycles. The molecule has 40 heteroatoms. The van der Waals surface area contributed by atoms with Gasteiger partial charge < -0.3 is 147 Å². The topological polar surface area (TPSA) is 583 Å². The molecular formula is C89H80Cl2N10O28. The molecule has 22 N–H and O–H groups in total. The number of aromatic nitrogens is 2. The number of aromatic hydroxyl groups is 4. The first-order chi connectivity index (χ1) is 61.8. The molecule has 0 saturated carbocycles. The van der Waals surface area contributed by atoms with Gasteiger partial charge in [-0.1, -0.05) is 89.9 Å². The average molecular weight is 1810 g/mol. The lowest BCUT2D eigenvalue weighted by molar-refractivity contribution is -0.277. The number of hydrogen-bond donors (Lipinski definition) is 22. The van der Waals surface area contributed by atoms with E-state index in [0.29, 0.717) is 22.0 Å². The molecule has 2 aromatic heterocycles. The number of hydrogen-bond acceptors (Lipinski definition) is 28. The molecule has 19 rings (SSSR count). The Bertz CT molecular complexity index is 6320. The van der Waals surface area contributed by atoms with Crippen molar-refractivity contribution in [1.82, 2.24) is 52.1 Å². The molecule has 38 nitrogen and oxygen atoms in total. The fourth-order valence-electron chi connectivity index (χ4n) is 16.7. The Balaban J connectivity index is 0.875. The molecule has 8 aliphatic rings. The van der Waals surface area contributed by atoms with Crippen LogP contribution in [-0.2, 0) is 67.3 Å². The summed E-state index contributed by atoms with van der Waals surface area (Å²) in [6.07, 6.45) is -18.0. The van der Waals surface area contributed by atoms with Crippen LogP contribution in [0.3, 0.4) is 0 Å². The summed E-state index contributed by atoms with van der Waals surface area (Å²) in [6.45, 7) is -1.06. The van der Waals surface area contributed by atoms with Gasteiger partial charge >= 0.3 is 11.9 Å². The molecule has 8 aliphatic heterocycles. The molecule has 668 valence electrons. The monoisotopic (exact) mass is 1810 g/mol. The quantitative estimate of drug-likeness (QED) is 0.0725. The number of H-pyrrole nitrogens is 2. The Morgan fingerprint density at radius 3 is 1.86 bits per heavy atom. The summed E-state index contributed by atoms with van der Waals surface area (Å²) < 4.78 is 44.7. The number of para-hydroxylation sites is 2. The Morgan fingerprint density at radius 1 is 0.519 bits per heavy atom. The van der Waals surface area contributed by atoms with Crippen LogP contribution in [0.5, 0.6) is 69.0 Å². The number of fused-ring (bicyclic) bond motifs is 16. The lowest BCUT2D eigenvalue weighted by atomic mass is 9.89. The number of nitrogens with zero attached hydrogens (tertiary/aromatic N) is 1. The number of aliphatic hydroxyl groups excluding tert-OH is 7.